The fraction of sp³-hybridized carbons (Fsp3) is 0.267. The number of rotatable bonds is 3. The average Bonchev–Trinajstić information content (AvgIpc) is 2.99. The van der Waals surface area contributed by atoms with Crippen LogP contribution in [-0.4, -0.2) is 23.4 Å². The monoisotopic (exact) mass is 320 g/mol. The van der Waals surface area contributed by atoms with Crippen molar-refractivity contribution in [2.75, 3.05) is 17.6 Å². The molecular weight excluding hydrogens is 304 g/mol. The normalized spacial score (nSPS) is 20.6. The molecule has 1 unspecified atom stereocenters. The number of thiophene rings is 1. The Labute approximate surface area is 131 Å². The Morgan fingerprint density at radius 3 is 2.95 bits per heavy atom. The van der Waals surface area contributed by atoms with Crippen molar-refractivity contribution in [2.45, 2.75) is 11.4 Å². The first kappa shape index (κ1) is 14.4. The molecule has 0 saturated carbocycles. The number of hydrogen-bond acceptors (Lipinski definition) is 4. The summed E-state index contributed by atoms with van der Waals surface area (Å²) in [5.41, 5.74) is 1.05. The van der Waals surface area contributed by atoms with Crippen molar-refractivity contribution in [3.05, 3.63) is 52.9 Å². The molecule has 6 heteroatoms. The summed E-state index contributed by atoms with van der Waals surface area (Å²) in [7, 11) is 0. The molecule has 3 rings (SSSR count). The third-order valence-electron chi connectivity index (χ3n) is 3.42. The van der Waals surface area contributed by atoms with Crippen LogP contribution in [0, 0.1) is 0 Å². The van der Waals surface area contributed by atoms with Crippen LogP contribution in [0.5, 0.6) is 0 Å². The maximum absolute atomic E-state index is 11.9. The van der Waals surface area contributed by atoms with Gasteiger partial charge in [0.25, 0.3) is 0 Å². The summed E-state index contributed by atoms with van der Waals surface area (Å²) in [6.45, 7) is 0.203. The molecule has 1 aliphatic heterocycles. The fourth-order valence-electron chi connectivity index (χ4n) is 2.39. The molecule has 0 fully saturated rings. The Balaban J connectivity index is 1.66. The Bertz CT molecular complexity index is 630. The van der Waals surface area contributed by atoms with Crippen molar-refractivity contribution < 1.29 is 9.90 Å². The minimum absolute atomic E-state index is 0.203. The molecule has 1 aliphatic rings. The molecule has 4 nitrogen and oxygen atoms in total. The standard InChI is InChI=1S/C15H16N2O2S2/c18-14(17-13-6-3-7-21-13)16-9-15(19)10-20-8-11-4-1-2-5-12(11)15/h1-7,19H,8-10H2,(H2,16,17,18). The highest BCUT2D eigenvalue weighted by molar-refractivity contribution is 7.98. The second-order valence-electron chi connectivity index (χ2n) is 4.97. The van der Waals surface area contributed by atoms with Crippen LogP contribution in [0.4, 0.5) is 9.80 Å². The first-order valence-corrected chi connectivity index (χ1v) is 8.68. The third kappa shape index (κ3) is 3.23. The number of thioether (sulfide) groups is 1. The van der Waals surface area contributed by atoms with E-state index < -0.39 is 5.60 Å². The Morgan fingerprint density at radius 1 is 1.29 bits per heavy atom. The van der Waals surface area contributed by atoms with Gasteiger partial charge in [-0.15, -0.1) is 11.3 Å². The molecule has 0 spiro atoms. The maximum Gasteiger partial charge on any atom is 0.319 e. The summed E-state index contributed by atoms with van der Waals surface area (Å²) >= 11 is 3.14. The number of benzene rings is 1. The molecule has 0 aliphatic carbocycles. The van der Waals surface area contributed by atoms with Gasteiger partial charge >= 0.3 is 6.03 Å². The van der Waals surface area contributed by atoms with E-state index >= 15 is 0 Å². The van der Waals surface area contributed by atoms with E-state index in [1.165, 1.54) is 11.3 Å². The summed E-state index contributed by atoms with van der Waals surface area (Å²) in [6, 6.07) is 11.3. The Hall–Kier alpha value is -1.50. The van der Waals surface area contributed by atoms with Crippen molar-refractivity contribution in [1.29, 1.82) is 0 Å². The van der Waals surface area contributed by atoms with Crippen LogP contribution in [0.1, 0.15) is 11.1 Å². The van der Waals surface area contributed by atoms with Crippen LogP contribution in [-0.2, 0) is 11.4 Å². The third-order valence-corrected chi connectivity index (χ3v) is 5.40. The number of nitrogens with one attached hydrogen (secondary N) is 2. The number of carbonyl (C=O) groups is 1. The quantitative estimate of drug-likeness (QED) is 0.815. The largest absolute Gasteiger partial charge is 0.382 e. The Kier molecular flexibility index (Phi) is 4.19. The van der Waals surface area contributed by atoms with Crippen LogP contribution < -0.4 is 10.6 Å². The lowest BCUT2D eigenvalue weighted by atomic mass is 9.91. The summed E-state index contributed by atoms with van der Waals surface area (Å²) in [5, 5.41) is 19.0. The van der Waals surface area contributed by atoms with Crippen LogP contribution in [0.2, 0.25) is 0 Å². The second-order valence-corrected chi connectivity index (χ2v) is 6.90. The van der Waals surface area contributed by atoms with Gasteiger partial charge in [-0.05, 0) is 28.6 Å². The van der Waals surface area contributed by atoms with E-state index in [2.05, 4.69) is 10.6 Å². The molecule has 1 aromatic heterocycles. The van der Waals surface area contributed by atoms with E-state index in [1.807, 2.05) is 41.8 Å². The highest BCUT2D eigenvalue weighted by Gasteiger charge is 2.34. The predicted molar refractivity (Wildman–Crippen MR) is 87.8 cm³/mol. The zero-order valence-corrected chi connectivity index (χ0v) is 13.0. The summed E-state index contributed by atoms with van der Waals surface area (Å²) in [5.74, 6) is 1.49. The lowest BCUT2D eigenvalue weighted by molar-refractivity contribution is 0.0631. The summed E-state index contributed by atoms with van der Waals surface area (Å²) in [6.07, 6.45) is 0. The molecule has 1 atom stereocenters. The highest BCUT2D eigenvalue weighted by atomic mass is 32.2. The van der Waals surface area contributed by atoms with E-state index in [4.69, 9.17) is 0 Å². The van der Waals surface area contributed by atoms with Gasteiger partial charge in [0.1, 0.15) is 5.60 Å². The van der Waals surface area contributed by atoms with Gasteiger partial charge in [0.05, 0.1) is 11.5 Å². The Morgan fingerprint density at radius 2 is 2.14 bits per heavy atom. The number of urea groups is 1. The minimum atomic E-state index is -1.01. The molecule has 3 N–H and O–H groups in total. The number of anilines is 1. The van der Waals surface area contributed by atoms with Gasteiger partial charge in [-0.2, -0.15) is 11.8 Å². The molecule has 2 aromatic rings. The maximum atomic E-state index is 11.9. The number of amides is 2. The number of hydrogen-bond donors (Lipinski definition) is 3. The van der Waals surface area contributed by atoms with E-state index in [1.54, 1.807) is 11.8 Å². The van der Waals surface area contributed by atoms with Crippen LogP contribution in [0.3, 0.4) is 0 Å². The zero-order chi connectivity index (χ0) is 14.7. The molecule has 21 heavy (non-hydrogen) atoms. The lowest BCUT2D eigenvalue weighted by Gasteiger charge is -2.34. The molecule has 2 amide bonds. The lowest BCUT2D eigenvalue weighted by Crippen LogP contribution is -2.45. The van der Waals surface area contributed by atoms with Crippen molar-refractivity contribution in [1.82, 2.24) is 5.32 Å². The number of aliphatic hydroxyl groups is 1. The van der Waals surface area contributed by atoms with Gasteiger partial charge in [-0.3, -0.25) is 5.32 Å². The van der Waals surface area contributed by atoms with Crippen LogP contribution >= 0.6 is 23.1 Å². The molecule has 0 radical (unpaired) electrons. The van der Waals surface area contributed by atoms with Gasteiger partial charge in [0.15, 0.2) is 0 Å². The molecule has 0 bridgehead atoms. The van der Waals surface area contributed by atoms with Gasteiger partial charge in [0, 0.05) is 11.5 Å². The summed E-state index contributed by atoms with van der Waals surface area (Å²) in [4.78, 5) is 11.9. The molecular formula is C15H16N2O2S2. The van der Waals surface area contributed by atoms with E-state index in [0.29, 0.717) is 5.75 Å². The molecule has 110 valence electrons. The van der Waals surface area contributed by atoms with Gasteiger partial charge in [-0.25, -0.2) is 4.79 Å². The first-order chi connectivity index (χ1) is 10.2. The smallest absolute Gasteiger partial charge is 0.319 e. The second kappa shape index (κ2) is 6.09. The van der Waals surface area contributed by atoms with Crippen LogP contribution in [0.15, 0.2) is 41.8 Å². The minimum Gasteiger partial charge on any atom is -0.382 e. The average molecular weight is 320 g/mol. The van der Waals surface area contributed by atoms with Crippen molar-refractivity contribution >= 4 is 34.1 Å². The van der Waals surface area contributed by atoms with Crippen LogP contribution in [0.25, 0.3) is 0 Å². The van der Waals surface area contributed by atoms with Crippen molar-refractivity contribution in [3.63, 3.8) is 0 Å². The number of fused-ring (bicyclic) bond motifs is 1. The van der Waals surface area contributed by atoms with E-state index in [-0.39, 0.29) is 12.6 Å². The molecule has 2 heterocycles. The highest BCUT2D eigenvalue weighted by Crippen LogP contribution is 2.35. The predicted octanol–water partition coefficient (Wildman–Crippen LogP) is 3.00. The van der Waals surface area contributed by atoms with Crippen molar-refractivity contribution in [2.24, 2.45) is 0 Å². The summed E-state index contributed by atoms with van der Waals surface area (Å²) < 4.78 is 0. The van der Waals surface area contributed by atoms with Gasteiger partial charge in [0.2, 0.25) is 0 Å². The zero-order valence-electron chi connectivity index (χ0n) is 11.3. The fourth-order valence-corrected chi connectivity index (χ4v) is 4.17. The van der Waals surface area contributed by atoms with E-state index in [9.17, 15) is 9.90 Å². The molecule has 0 saturated heterocycles. The SMILES string of the molecule is O=C(NCC1(O)CSCc2ccccc21)Nc1cccs1. The molecule has 1 aromatic carbocycles. The topological polar surface area (TPSA) is 61.4 Å². The van der Waals surface area contributed by atoms with Gasteiger partial charge < -0.3 is 10.4 Å². The van der Waals surface area contributed by atoms with Gasteiger partial charge in [-0.1, -0.05) is 24.3 Å². The first-order valence-electron chi connectivity index (χ1n) is 6.64. The van der Waals surface area contributed by atoms with E-state index in [0.717, 1.165) is 21.9 Å². The van der Waals surface area contributed by atoms with Crippen molar-refractivity contribution in [3.8, 4) is 0 Å². The number of carbonyl (C=O) groups excluding carboxylic acids is 1.